The number of ketones is 1. The van der Waals surface area contributed by atoms with Crippen LogP contribution in [0.4, 0.5) is 0 Å². The van der Waals surface area contributed by atoms with E-state index in [1.807, 2.05) is 19.0 Å². The van der Waals surface area contributed by atoms with E-state index in [9.17, 15) is 4.79 Å². The number of Topliss-reactive ketones (excluding diaryl/α,β-unsaturated/α-hetero) is 1. The number of carbonyl (C=O) groups is 1. The fourth-order valence-electron chi connectivity index (χ4n) is 2.23. The molecule has 4 nitrogen and oxygen atoms in total. The minimum absolute atomic E-state index is 0.00893. The highest BCUT2D eigenvalue weighted by molar-refractivity contribution is 6.00. The topological polar surface area (TPSA) is 38.8 Å². The monoisotopic (exact) mass is 249 g/mol. The molecule has 0 saturated carbocycles. The van der Waals surface area contributed by atoms with Crippen LogP contribution in [0.1, 0.15) is 16.8 Å². The molecule has 2 rings (SSSR count). The molecular weight excluding hydrogens is 230 g/mol. The maximum Gasteiger partial charge on any atom is 0.171 e. The van der Waals surface area contributed by atoms with Crippen LogP contribution in [0.3, 0.4) is 0 Å². The summed E-state index contributed by atoms with van der Waals surface area (Å²) >= 11 is 0. The van der Waals surface area contributed by atoms with Crippen LogP contribution in [-0.4, -0.2) is 45.0 Å². The maximum atomic E-state index is 12.4. The highest BCUT2D eigenvalue weighted by atomic mass is 16.5. The number of benzene rings is 1. The van der Waals surface area contributed by atoms with E-state index in [1.165, 1.54) is 0 Å². The third-order valence-corrected chi connectivity index (χ3v) is 3.13. The molecule has 1 heterocycles. The Kier molecular flexibility index (Phi) is 3.87. The summed E-state index contributed by atoms with van der Waals surface area (Å²) in [7, 11) is 5.57. The molecule has 4 heteroatoms. The number of nitrogens with zero attached hydrogens (tertiary/aromatic N) is 1. The van der Waals surface area contributed by atoms with Gasteiger partial charge in [-0.25, -0.2) is 0 Å². The summed E-state index contributed by atoms with van der Waals surface area (Å²) in [4.78, 5) is 14.5. The molecule has 1 aliphatic rings. The maximum absolute atomic E-state index is 12.4. The summed E-state index contributed by atoms with van der Waals surface area (Å²) in [6.45, 7) is 1.33. The summed E-state index contributed by atoms with van der Waals surface area (Å²) < 4.78 is 10.8. The Morgan fingerprint density at radius 3 is 2.89 bits per heavy atom. The average molecular weight is 249 g/mol. The second-order valence-corrected chi connectivity index (χ2v) is 4.82. The van der Waals surface area contributed by atoms with E-state index < -0.39 is 0 Å². The van der Waals surface area contributed by atoms with E-state index in [0.29, 0.717) is 23.7 Å². The van der Waals surface area contributed by atoms with Gasteiger partial charge >= 0.3 is 0 Å². The highest BCUT2D eigenvalue weighted by Gasteiger charge is 2.27. The summed E-state index contributed by atoms with van der Waals surface area (Å²) in [5.74, 6) is 1.53. The highest BCUT2D eigenvalue weighted by Crippen LogP contribution is 2.30. The van der Waals surface area contributed by atoms with Crippen molar-refractivity contribution in [3.63, 3.8) is 0 Å². The van der Waals surface area contributed by atoms with Gasteiger partial charge in [-0.15, -0.1) is 0 Å². The van der Waals surface area contributed by atoms with Crippen molar-refractivity contribution in [1.82, 2.24) is 4.90 Å². The first-order chi connectivity index (χ1) is 8.61. The van der Waals surface area contributed by atoms with E-state index >= 15 is 0 Å². The van der Waals surface area contributed by atoms with Crippen LogP contribution >= 0.6 is 0 Å². The normalized spacial score (nSPS) is 19.1. The van der Waals surface area contributed by atoms with Crippen molar-refractivity contribution in [1.29, 1.82) is 0 Å². The molecule has 1 atom stereocenters. The minimum Gasteiger partial charge on any atom is -0.497 e. The molecule has 98 valence electrons. The zero-order chi connectivity index (χ0) is 13.1. The molecule has 0 N–H and O–H groups in total. The van der Waals surface area contributed by atoms with Gasteiger partial charge in [0.05, 0.1) is 19.3 Å². The van der Waals surface area contributed by atoms with Gasteiger partial charge in [0.1, 0.15) is 11.5 Å². The van der Waals surface area contributed by atoms with Gasteiger partial charge in [0.15, 0.2) is 5.78 Å². The van der Waals surface area contributed by atoms with E-state index in [2.05, 4.69) is 0 Å². The molecule has 0 radical (unpaired) electrons. The smallest absolute Gasteiger partial charge is 0.171 e. The van der Waals surface area contributed by atoms with Crippen LogP contribution in [0.2, 0.25) is 0 Å². The van der Waals surface area contributed by atoms with E-state index in [-0.39, 0.29) is 11.7 Å². The Morgan fingerprint density at radius 2 is 2.22 bits per heavy atom. The first-order valence-electron chi connectivity index (χ1n) is 6.11. The predicted octanol–water partition coefficient (Wildman–Crippen LogP) is 1.84. The fraction of sp³-hybridized carbons (Fsp3) is 0.500. The number of rotatable bonds is 3. The van der Waals surface area contributed by atoms with E-state index in [1.54, 1.807) is 25.3 Å². The minimum atomic E-state index is 0.00893. The summed E-state index contributed by atoms with van der Waals surface area (Å²) in [5, 5.41) is 0. The average Bonchev–Trinajstić information content (AvgIpc) is 2.49. The lowest BCUT2D eigenvalue weighted by Crippen LogP contribution is -2.27. The molecular formula is C14H19NO3. The molecule has 1 unspecified atom stereocenters. The van der Waals surface area contributed by atoms with E-state index in [4.69, 9.17) is 9.47 Å². The van der Waals surface area contributed by atoms with Gasteiger partial charge in [0.2, 0.25) is 0 Å². The first-order valence-corrected chi connectivity index (χ1v) is 6.11. The summed E-state index contributed by atoms with van der Waals surface area (Å²) in [5.41, 5.74) is 0.667. The lowest BCUT2D eigenvalue weighted by atomic mass is 9.95. The summed E-state index contributed by atoms with van der Waals surface area (Å²) in [6.07, 6.45) is 0.758. The molecule has 18 heavy (non-hydrogen) atoms. The molecule has 1 aromatic carbocycles. The SMILES string of the molecule is COc1ccc2c(c1)OCCC(CN(C)C)C2=O. The van der Waals surface area contributed by atoms with Crippen molar-refractivity contribution in [3.8, 4) is 11.5 Å². The third-order valence-electron chi connectivity index (χ3n) is 3.13. The Bertz CT molecular complexity index is 443. The van der Waals surface area contributed by atoms with Gasteiger partial charge in [-0.05, 0) is 32.6 Å². The summed E-state index contributed by atoms with van der Waals surface area (Å²) in [6, 6.07) is 5.38. The number of ether oxygens (including phenoxy) is 2. The van der Waals surface area contributed by atoms with Crippen LogP contribution in [0.15, 0.2) is 18.2 Å². The standard InChI is InChI=1S/C14H19NO3/c1-15(2)9-10-6-7-18-13-8-11(17-3)4-5-12(13)14(10)16/h4-5,8,10H,6-7,9H2,1-3H3. The molecule has 0 spiro atoms. The molecule has 1 aliphatic heterocycles. The lowest BCUT2D eigenvalue weighted by molar-refractivity contribution is 0.0891. The molecule has 0 aliphatic carbocycles. The van der Waals surface area contributed by atoms with Gasteiger partial charge in [-0.3, -0.25) is 4.79 Å². The van der Waals surface area contributed by atoms with Crippen molar-refractivity contribution in [2.45, 2.75) is 6.42 Å². The zero-order valence-electron chi connectivity index (χ0n) is 11.1. The van der Waals surface area contributed by atoms with Gasteiger partial charge < -0.3 is 14.4 Å². The number of hydrogen-bond acceptors (Lipinski definition) is 4. The molecule has 0 amide bonds. The number of methoxy groups -OCH3 is 1. The Morgan fingerprint density at radius 1 is 1.44 bits per heavy atom. The van der Waals surface area contributed by atoms with Crippen molar-refractivity contribution >= 4 is 5.78 Å². The van der Waals surface area contributed by atoms with Crippen LogP contribution < -0.4 is 9.47 Å². The largest absolute Gasteiger partial charge is 0.497 e. The van der Waals surface area contributed by atoms with Crippen molar-refractivity contribution in [2.24, 2.45) is 5.92 Å². The van der Waals surface area contributed by atoms with Crippen molar-refractivity contribution < 1.29 is 14.3 Å². The lowest BCUT2D eigenvalue weighted by Gasteiger charge is -2.17. The van der Waals surface area contributed by atoms with Crippen molar-refractivity contribution in [2.75, 3.05) is 34.4 Å². The van der Waals surface area contributed by atoms with Gasteiger partial charge in [-0.2, -0.15) is 0 Å². The van der Waals surface area contributed by atoms with Crippen LogP contribution in [0, 0.1) is 5.92 Å². The fourth-order valence-corrected chi connectivity index (χ4v) is 2.23. The van der Waals surface area contributed by atoms with Gasteiger partial charge in [-0.1, -0.05) is 0 Å². The second-order valence-electron chi connectivity index (χ2n) is 4.82. The number of fused-ring (bicyclic) bond motifs is 1. The number of carbonyl (C=O) groups excluding carboxylic acids is 1. The van der Waals surface area contributed by atoms with Crippen LogP contribution in [0.5, 0.6) is 11.5 Å². The molecule has 0 saturated heterocycles. The van der Waals surface area contributed by atoms with Gasteiger partial charge in [0.25, 0.3) is 0 Å². The second kappa shape index (κ2) is 5.40. The molecule has 0 bridgehead atoms. The first kappa shape index (κ1) is 12.9. The van der Waals surface area contributed by atoms with Crippen LogP contribution in [0.25, 0.3) is 0 Å². The Labute approximate surface area is 107 Å². The van der Waals surface area contributed by atoms with Crippen molar-refractivity contribution in [3.05, 3.63) is 23.8 Å². The predicted molar refractivity (Wildman–Crippen MR) is 69.5 cm³/mol. The van der Waals surface area contributed by atoms with Gasteiger partial charge in [0, 0.05) is 18.5 Å². The third kappa shape index (κ3) is 2.64. The quantitative estimate of drug-likeness (QED) is 0.819. The van der Waals surface area contributed by atoms with E-state index in [0.717, 1.165) is 13.0 Å². The Balaban J connectivity index is 2.29. The molecule has 0 aromatic heterocycles. The molecule has 1 aromatic rings. The zero-order valence-corrected chi connectivity index (χ0v) is 11.1. The number of hydrogen-bond donors (Lipinski definition) is 0. The Hall–Kier alpha value is -1.55. The van der Waals surface area contributed by atoms with Crippen LogP contribution in [-0.2, 0) is 0 Å². The molecule has 0 fully saturated rings.